The lowest BCUT2D eigenvalue weighted by atomic mass is 10.1. The molecule has 0 aliphatic rings. The maximum Gasteiger partial charge on any atom is 0.214 e. The Morgan fingerprint density at radius 2 is 1.80 bits per heavy atom. The first kappa shape index (κ1) is 17.3. The number of ether oxygens (including phenoxy) is 2. The Balaban J connectivity index is 1.59. The van der Waals surface area contributed by atoms with Gasteiger partial charge in [0.1, 0.15) is 11.5 Å². The molecule has 25 heavy (non-hydrogen) atoms. The van der Waals surface area contributed by atoms with Crippen LogP contribution in [-0.4, -0.2) is 39.7 Å². The van der Waals surface area contributed by atoms with E-state index >= 15 is 0 Å². The van der Waals surface area contributed by atoms with Crippen molar-refractivity contribution < 1.29 is 9.47 Å². The molecule has 0 aliphatic heterocycles. The molecule has 0 bridgehead atoms. The molecule has 0 N–H and O–H groups in total. The van der Waals surface area contributed by atoms with Crippen molar-refractivity contribution in [1.82, 2.24) is 20.2 Å². The third-order valence-corrected chi connectivity index (χ3v) is 4.77. The number of aromatic nitrogens is 4. The Bertz CT molecular complexity index is 833. The number of thioether (sulfide) groups is 1. The van der Waals surface area contributed by atoms with E-state index in [2.05, 4.69) is 35.4 Å². The third kappa shape index (κ3) is 4.11. The van der Waals surface area contributed by atoms with Gasteiger partial charge in [-0.15, -0.1) is 5.10 Å². The van der Waals surface area contributed by atoms with Crippen molar-refractivity contribution in [3.05, 3.63) is 53.6 Å². The number of methoxy groups -OCH3 is 1. The lowest BCUT2D eigenvalue weighted by Gasteiger charge is -2.10. The highest BCUT2D eigenvalue weighted by Crippen LogP contribution is 2.23. The van der Waals surface area contributed by atoms with Crippen LogP contribution >= 0.6 is 11.8 Å². The molecule has 0 amide bonds. The molecule has 7 heteroatoms. The SMILES string of the molecule is COc1ccc(OCCSc2nnnn2-c2cccc(C)c2C)cc1. The summed E-state index contributed by atoms with van der Waals surface area (Å²) in [5.74, 6) is 2.38. The van der Waals surface area contributed by atoms with Crippen molar-refractivity contribution in [3.8, 4) is 17.2 Å². The number of benzene rings is 2. The van der Waals surface area contributed by atoms with Crippen LogP contribution in [0.4, 0.5) is 0 Å². The number of hydrogen-bond acceptors (Lipinski definition) is 6. The smallest absolute Gasteiger partial charge is 0.214 e. The van der Waals surface area contributed by atoms with Crippen molar-refractivity contribution in [3.63, 3.8) is 0 Å². The molecule has 1 aromatic heterocycles. The Hall–Kier alpha value is -2.54. The highest BCUT2D eigenvalue weighted by molar-refractivity contribution is 7.99. The van der Waals surface area contributed by atoms with E-state index in [1.54, 1.807) is 23.6 Å². The van der Waals surface area contributed by atoms with E-state index in [0.29, 0.717) is 6.61 Å². The Morgan fingerprint density at radius 1 is 1.04 bits per heavy atom. The van der Waals surface area contributed by atoms with Crippen LogP contribution in [0.2, 0.25) is 0 Å². The van der Waals surface area contributed by atoms with Crippen LogP contribution in [0.25, 0.3) is 5.69 Å². The minimum atomic E-state index is 0.566. The third-order valence-electron chi connectivity index (χ3n) is 3.89. The van der Waals surface area contributed by atoms with Gasteiger partial charge in [-0.05, 0) is 65.7 Å². The van der Waals surface area contributed by atoms with Crippen molar-refractivity contribution in [1.29, 1.82) is 0 Å². The number of rotatable bonds is 7. The molecule has 1 heterocycles. The van der Waals surface area contributed by atoms with Crippen LogP contribution in [0.5, 0.6) is 11.5 Å². The van der Waals surface area contributed by atoms with E-state index in [1.165, 1.54) is 11.1 Å². The Morgan fingerprint density at radius 3 is 2.56 bits per heavy atom. The molecule has 0 radical (unpaired) electrons. The first-order valence-electron chi connectivity index (χ1n) is 7.93. The predicted molar refractivity (Wildman–Crippen MR) is 97.8 cm³/mol. The fourth-order valence-electron chi connectivity index (χ4n) is 2.35. The van der Waals surface area contributed by atoms with Crippen molar-refractivity contribution in [2.24, 2.45) is 0 Å². The molecule has 0 saturated carbocycles. The molecule has 0 unspecified atom stereocenters. The van der Waals surface area contributed by atoms with E-state index in [-0.39, 0.29) is 0 Å². The number of hydrogen-bond donors (Lipinski definition) is 0. The highest BCUT2D eigenvalue weighted by Gasteiger charge is 2.11. The maximum atomic E-state index is 5.74. The average Bonchev–Trinajstić information content (AvgIpc) is 3.10. The summed E-state index contributed by atoms with van der Waals surface area (Å²) < 4.78 is 12.6. The molecule has 0 spiro atoms. The van der Waals surface area contributed by atoms with Crippen LogP contribution in [0.3, 0.4) is 0 Å². The quantitative estimate of drug-likeness (QED) is 0.477. The molecule has 0 fully saturated rings. The summed E-state index contributed by atoms with van der Waals surface area (Å²) >= 11 is 1.57. The minimum Gasteiger partial charge on any atom is -0.497 e. The van der Waals surface area contributed by atoms with Crippen molar-refractivity contribution in [2.75, 3.05) is 19.5 Å². The average molecular weight is 356 g/mol. The van der Waals surface area contributed by atoms with Crippen LogP contribution < -0.4 is 9.47 Å². The molecule has 130 valence electrons. The number of nitrogens with zero attached hydrogens (tertiary/aromatic N) is 4. The summed E-state index contributed by atoms with van der Waals surface area (Å²) in [5, 5.41) is 12.8. The summed E-state index contributed by atoms with van der Waals surface area (Å²) in [7, 11) is 1.65. The van der Waals surface area contributed by atoms with Gasteiger partial charge in [-0.25, -0.2) is 0 Å². The molecule has 3 aromatic rings. The van der Waals surface area contributed by atoms with Crippen LogP contribution in [-0.2, 0) is 0 Å². The lowest BCUT2D eigenvalue weighted by Crippen LogP contribution is -2.05. The Labute approximate surface area is 151 Å². The fraction of sp³-hybridized carbons (Fsp3) is 0.278. The molecule has 2 aromatic carbocycles. The Kier molecular flexibility index (Phi) is 5.55. The van der Waals surface area contributed by atoms with Crippen LogP contribution in [0, 0.1) is 13.8 Å². The van der Waals surface area contributed by atoms with E-state index in [1.807, 2.05) is 36.4 Å². The second kappa shape index (κ2) is 8.02. The molecule has 0 aliphatic carbocycles. The standard InChI is InChI=1S/C18H20N4O2S/c1-13-5-4-6-17(14(13)2)22-18(19-20-21-22)25-12-11-24-16-9-7-15(23-3)8-10-16/h4-10H,11-12H2,1-3H3. The summed E-state index contributed by atoms with van der Waals surface area (Å²) in [5.41, 5.74) is 3.39. The molecule has 3 rings (SSSR count). The van der Waals surface area contributed by atoms with E-state index in [9.17, 15) is 0 Å². The van der Waals surface area contributed by atoms with E-state index < -0.39 is 0 Å². The van der Waals surface area contributed by atoms with Gasteiger partial charge in [-0.1, -0.05) is 23.9 Å². The summed E-state index contributed by atoms with van der Waals surface area (Å²) in [6.45, 7) is 4.73. The normalized spacial score (nSPS) is 10.7. The fourth-order valence-corrected chi connectivity index (χ4v) is 3.05. The molecule has 6 nitrogen and oxygen atoms in total. The minimum absolute atomic E-state index is 0.566. The molecular weight excluding hydrogens is 336 g/mol. The first-order valence-corrected chi connectivity index (χ1v) is 8.92. The van der Waals surface area contributed by atoms with E-state index in [4.69, 9.17) is 9.47 Å². The summed E-state index contributed by atoms with van der Waals surface area (Å²) in [4.78, 5) is 0. The zero-order valence-electron chi connectivity index (χ0n) is 14.5. The van der Waals surface area contributed by atoms with Crippen LogP contribution in [0.1, 0.15) is 11.1 Å². The number of tetrazole rings is 1. The second-order valence-electron chi connectivity index (χ2n) is 5.46. The van der Waals surface area contributed by atoms with Gasteiger partial charge in [0.25, 0.3) is 0 Å². The zero-order valence-corrected chi connectivity index (χ0v) is 15.3. The van der Waals surface area contributed by atoms with Crippen LogP contribution in [0.15, 0.2) is 47.6 Å². The zero-order chi connectivity index (χ0) is 17.6. The van der Waals surface area contributed by atoms with E-state index in [0.717, 1.165) is 28.1 Å². The van der Waals surface area contributed by atoms with Gasteiger partial charge in [0, 0.05) is 5.75 Å². The van der Waals surface area contributed by atoms with Gasteiger partial charge in [-0.3, -0.25) is 0 Å². The van der Waals surface area contributed by atoms with Gasteiger partial charge in [0.05, 0.1) is 19.4 Å². The summed E-state index contributed by atoms with van der Waals surface area (Å²) in [6, 6.07) is 13.7. The van der Waals surface area contributed by atoms with Gasteiger partial charge in [0.15, 0.2) is 0 Å². The molecular formula is C18H20N4O2S. The van der Waals surface area contributed by atoms with Gasteiger partial charge < -0.3 is 9.47 Å². The van der Waals surface area contributed by atoms with Crippen molar-refractivity contribution in [2.45, 2.75) is 19.0 Å². The first-order chi connectivity index (χ1) is 12.2. The highest BCUT2D eigenvalue weighted by atomic mass is 32.2. The molecule has 0 saturated heterocycles. The summed E-state index contributed by atoms with van der Waals surface area (Å²) in [6.07, 6.45) is 0. The van der Waals surface area contributed by atoms with Gasteiger partial charge in [-0.2, -0.15) is 4.68 Å². The second-order valence-corrected chi connectivity index (χ2v) is 6.53. The monoisotopic (exact) mass is 356 g/mol. The predicted octanol–water partition coefficient (Wildman–Crippen LogP) is 3.46. The molecule has 0 atom stereocenters. The van der Waals surface area contributed by atoms with Gasteiger partial charge >= 0.3 is 0 Å². The van der Waals surface area contributed by atoms with Gasteiger partial charge in [0.2, 0.25) is 5.16 Å². The number of aryl methyl sites for hydroxylation is 1. The largest absolute Gasteiger partial charge is 0.497 e. The van der Waals surface area contributed by atoms with Crippen molar-refractivity contribution >= 4 is 11.8 Å². The topological polar surface area (TPSA) is 62.1 Å². The maximum absolute atomic E-state index is 5.74. The lowest BCUT2D eigenvalue weighted by molar-refractivity contribution is 0.342.